The highest BCUT2D eigenvalue weighted by molar-refractivity contribution is 7.08. The number of carbonyl (C=O) groups excluding carboxylic acids is 1. The number of amides is 1. The Morgan fingerprint density at radius 1 is 1.29 bits per heavy atom. The molecule has 1 aromatic heterocycles. The average molecular weight is 423 g/mol. The standard InChI is InChI=1S/C14H19N3O3S.C2HF3O2/c1-15-6-12(18)17(11-2-5-21-8-11)10-14(15)3-4-16(9-14)7-13(19)20;3-2(4,5)1(6)7/h2,5,8H,3-4,6-7,9-10H2,1H3,(H,19,20);(H,6,7). The Balaban J connectivity index is 0.000000345. The number of hydrogen-bond donors (Lipinski definition) is 2. The maximum atomic E-state index is 12.3. The molecule has 8 nitrogen and oxygen atoms in total. The van der Waals surface area contributed by atoms with E-state index in [9.17, 15) is 22.8 Å². The predicted octanol–water partition coefficient (Wildman–Crippen LogP) is 1.19. The molecule has 28 heavy (non-hydrogen) atoms. The van der Waals surface area contributed by atoms with Crippen LogP contribution in [0.3, 0.4) is 0 Å². The second kappa shape index (κ2) is 8.45. The van der Waals surface area contributed by atoms with Crippen LogP contribution in [0.4, 0.5) is 18.9 Å². The molecule has 1 unspecified atom stereocenters. The largest absolute Gasteiger partial charge is 0.490 e. The zero-order valence-electron chi connectivity index (χ0n) is 15.0. The minimum absolute atomic E-state index is 0.0714. The van der Waals surface area contributed by atoms with Gasteiger partial charge in [-0.05, 0) is 24.9 Å². The first kappa shape index (κ1) is 22.1. The normalized spacial score (nSPS) is 23.6. The smallest absolute Gasteiger partial charge is 0.480 e. The first-order valence-electron chi connectivity index (χ1n) is 8.23. The van der Waals surface area contributed by atoms with Gasteiger partial charge in [0.2, 0.25) is 5.91 Å². The summed E-state index contributed by atoms with van der Waals surface area (Å²) in [6.45, 7) is 2.56. The van der Waals surface area contributed by atoms with Crippen LogP contribution in [0.2, 0.25) is 0 Å². The molecule has 1 spiro atoms. The van der Waals surface area contributed by atoms with Gasteiger partial charge in [-0.25, -0.2) is 4.79 Å². The molecule has 1 aromatic rings. The van der Waals surface area contributed by atoms with Crippen molar-refractivity contribution in [3.63, 3.8) is 0 Å². The lowest BCUT2D eigenvalue weighted by atomic mass is 9.93. The molecule has 156 valence electrons. The summed E-state index contributed by atoms with van der Waals surface area (Å²) in [5, 5.41) is 20.0. The highest BCUT2D eigenvalue weighted by Crippen LogP contribution is 2.33. The van der Waals surface area contributed by atoms with Gasteiger partial charge in [0.1, 0.15) is 0 Å². The zero-order valence-corrected chi connectivity index (χ0v) is 15.8. The number of alkyl halides is 3. The topological polar surface area (TPSA) is 101 Å². The van der Waals surface area contributed by atoms with Crippen LogP contribution in [0.15, 0.2) is 16.8 Å². The van der Waals surface area contributed by atoms with E-state index in [1.54, 1.807) is 11.3 Å². The fraction of sp³-hybridized carbons (Fsp3) is 0.562. The van der Waals surface area contributed by atoms with E-state index in [0.29, 0.717) is 19.6 Å². The molecule has 1 atom stereocenters. The molecule has 0 aromatic carbocycles. The highest BCUT2D eigenvalue weighted by atomic mass is 32.1. The summed E-state index contributed by atoms with van der Waals surface area (Å²) in [5.74, 6) is -3.44. The first-order valence-corrected chi connectivity index (χ1v) is 9.17. The Morgan fingerprint density at radius 2 is 1.93 bits per heavy atom. The first-order chi connectivity index (χ1) is 12.9. The summed E-state index contributed by atoms with van der Waals surface area (Å²) in [6.07, 6.45) is -4.19. The van der Waals surface area contributed by atoms with Crippen molar-refractivity contribution in [1.82, 2.24) is 9.80 Å². The minimum Gasteiger partial charge on any atom is -0.480 e. The SMILES string of the molecule is CN1CC(=O)N(c2ccsc2)CC12CCN(CC(=O)O)C2.O=C(O)C(F)(F)F. The molecular formula is C16H20F3N3O5S. The van der Waals surface area contributed by atoms with E-state index in [2.05, 4.69) is 4.90 Å². The number of piperazine rings is 1. The molecule has 0 saturated carbocycles. The number of rotatable bonds is 3. The van der Waals surface area contributed by atoms with E-state index in [0.717, 1.165) is 18.7 Å². The third-order valence-corrected chi connectivity index (χ3v) is 5.44. The number of carboxylic acid groups (broad SMARTS) is 2. The van der Waals surface area contributed by atoms with Gasteiger partial charge < -0.3 is 15.1 Å². The van der Waals surface area contributed by atoms with E-state index >= 15 is 0 Å². The highest BCUT2D eigenvalue weighted by Gasteiger charge is 2.47. The number of carboxylic acids is 2. The van der Waals surface area contributed by atoms with Gasteiger partial charge in [0, 0.05) is 25.0 Å². The molecule has 2 aliphatic heterocycles. The van der Waals surface area contributed by atoms with Gasteiger partial charge in [-0.15, -0.1) is 0 Å². The molecule has 2 saturated heterocycles. The van der Waals surface area contributed by atoms with E-state index in [4.69, 9.17) is 15.0 Å². The Morgan fingerprint density at radius 3 is 2.43 bits per heavy atom. The third-order valence-electron chi connectivity index (χ3n) is 4.77. The molecule has 12 heteroatoms. The maximum Gasteiger partial charge on any atom is 0.490 e. The van der Waals surface area contributed by atoms with Crippen LogP contribution in [0.1, 0.15) is 6.42 Å². The van der Waals surface area contributed by atoms with Crippen LogP contribution in [0, 0.1) is 0 Å². The molecule has 0 aliphatic carbocycles. The lowest BCUT2D eigenvalue weighted by molar-refractivity contribution is -0.192. The minimum atomic E-state index is -5.08. The van der Waals surface area contributed by atoms with Crippen LogP contribution in [0.25, 0.3) is 0 Å². The number of nitrogens with zero attached hydrogens (tertiary/aromatic N) is 3. The van der Waals surface area contributed by atoms with Crippen LogP contribution >= 0.6 is 11.3 Å². The summed E-state index contributed by atoms with van der Waals surface area (Å²) in [6, 6.07) is 1.96. The molecule has 0 bridgehead atoms. The molecule has 1 amide bonds. The Bertz CT molecular complexity index is 728. The van der Waals surface area contributed by atoms with E-state index < -0.39 is 18.1 Å². The summed E-state index contributed by atoms with van der Waals surface area (Å²) in [5.41, 5.74) is 0.819. The van der Waals surface area contributed by atoms with Crippen LogP contribution < -0.4 is 4.90 Å². The van der Waals surface area contributed by atoms with Crippen LogP contribution in [-0.2, 0) is 14.4 Å². The molecule has 2 N–H and O–H groups in total. The quantitative estimate of drug-likeness (QED) is 0.753. The Labute approximate surface area is 162 Å². The summed E-state index contributed by atoms with van der Waals surface area (Å²) >= 11 is 1.58. The molecule has 2 fully saturated rings. The number of thiophene rings is 1. The lowest BCUT2D eigenvalue weighted by Gasteiger charge is -2.46. The van der Waals surface area contributed by atoms with Gasteiger partial charge in [0.15, 0.2) is 0 Å². The van der Waals surface area contributed by atoms with E-state index in [1.807, 2.05) is 33.7 Å². The Hall–Kier alpha value is -2.18. The van der Waals surface area contributed by atoms with Crippen molar-refractivity contribution in [2.45, 2.75) is 18.1 Å². The molecular weight excluding hydrogens is 403 g/mol. The Kier molecular flexibility index (Phi) is 6.67. The van der Waals surface area contributed by atoms with Crippen molar-refractivity contribution in [3.8, 4) is 0 Å². The second-order valence-electron chi connectivity index (χ2n) is 6.70. The fourth-order valence-electron chi connectivity index (χ4n) is 3.31. The van der Waals surface area contributed by atoms with Crippen molar-refractivity contribution >= 4 is 34.9 Å². The summed E-state index contributed by atoms with van der Waals surface area (Å²) in [4.78, 5) is 38.0. The van der Waals surface area contributed by atoms with Crippen molar-refractivity contribution in [2.24, 2.45) is 0 Å². The second-order valence-corrected chi connectivity index (χ2v) is 7.48. The number of likely N-dealkylation sites (tertiary alicyclic amines) is 1. The van der Waals surface area contributed by atoms with Gasteiger partial charge in [0.25, 0.3) is 0 Å². The van der Waals surface area contributed by atoms with Crippen molar-refractivity contribution in [3.05, 3.63) is 16.8 Å². The number of halogens is 3. The van der Waals surface area contributed by atoms with Gasteiger partial charge >= 0.3 is 18.1 Å². The van der Waals surface area contributed by atoms with E-state index in [-0.39, 0.29) is 18.0 Å². The predicted molar refractivity (Wildman–Crippen MR) is 94.4 cm³/mol. The van der Waals surface area contributed by atoms with Gasteiger partial charge in [0.05, 0.1) is 24.3 Å². The number of anilines is 1. The van der Waals surface area contributed by atoms with Crippen molar-refractivity contribution in [2.75, 3.05) is 44.7 Å². The third kappa shape index (κ3) is 5.20. The monoisotopic (exact) mass is 423 g/mol. The lowest BCUT2D eigenvalue weighted by Crippen LogP contribution is -2.64. The van der Waals surface area contributed by atoms with Crippen molar-refractivity contribution in [1.29, 1.82) is 0 Å². The van der Waals surface area contributed by atoms with Gasteiger partial charge in [-0.2, -0.15) is 24.5 Å². The average Bonchev–Trinajstić information content (AvgIpc) is 3.21. The molecule has 2 aliphatic rings. The van der Waals surface area contributed by atoms with Crippen LogP contribution in [-0.4, -0.2) is 89.3 Å². The van der Waals surface area contributed by atoms with Gasteiger partial charge in [-0.1, -0.05) is 0 Å². The molecule has 3 heterocycles. The van der Waals surface area contributed by atoms with Gasteiger partial charge in [-0.3, -0.25) is 19.4 Å². The fourth-order valence-corrected chi connectivity index (χ4v) is 3.95. The molecule has 0 radical (unpaired) electrons. The number of carbonyl (C=O) groups is 3. The number of aliphatic carboxylic acids is 2. The summed E-state index contributed by atoms with van der Waals surface area (Å²) < 4.78 is 31.7. The van der Waals surface area contributed by atoms with E-state index in [1.165, 1.54) is 0 Å². The zero-order chi connectivity index (χ0) is 21.1. The molecule has 3 rings (SSSR count). The number of hydrogen-bond acceptors (Lipinski definition) is 6. The van der Waals surface area contributed by atoms with Crippen molar-refractivity contribution < 1.29 is 37.8 Å². The summed E-state index contributed by atoms with van der Waals surface area (Å²) in [7, 11) is 1.97. The maximum absolute atomic E-state index is 12.3. The van der Waals surface area contributed by atoms with Crippen LogP contribution in [0.5, 0.6) is 0 Å². The number of likely N-dealkylation sites (N-methyl/N-ethyl adjacent to an activating group) is 1.